The van der Waals surface area contributed by atoms with Gasteiger partial charge < -0.3 is 14.8 Å². The summed E-state index contributed by atoms with van der Waals surface area (Å²) in [4.78, 5) is 31.6. The lowest BCUT2D eigenvalue weighted by molar-refractivity contribution is -0.127. The molecule has 9 heterocycles. The fraction of sp³-hybridized carbons (Fsp3) is 0.438. The minimum absolute atomic E-state index is 0.236. The van der Waals surface area contributed by atoms with Crippen LogP contribution in [0, 0.1) is 29.1 Å². The van der Waals surface area contributed by atoms with Crippen LogP contribution in [0.15, 0.2) is 73.3 Å². The lowest BCUT2D eigenvalue weighted by atomic mass is 9.72. The number of aromatic amines is 1. The Balaban J connectivity index is 0.000000158. The number of piperidine rings is 2. The van der Waals surface area contributed by atoms with Crippen LogP contribution >= 0.6 is 22.7 Å². The highest BCUT2D eigenvalue weighted by molar-refractivity contribution is 7.19. The van der Waals surface area contributed by atoms with E-state index in [1.54, 1.807) is 12.1 Å². The molecule has 0 aliphatic carbocycles. The number of nitrogens with one attached hydrogen (secondary N) is 1. The highest BCUT2D eigenvalue weighted by Crippen LogP contribution is 2.46. The number of anilines is 2. The third-order valence-corrected chi connectivity index (χ3v) is 16.0. The van der Waals surface area contributed by atoms with Gasteiger partial charge in [-0.2, -0.15) is 31.6 Å². The third-order valence-electron chi connectivity index (χ3n) is 14.0. The standard InChI is InChI=1S/C26H25F3N6S.C22H23F3N4S/c1-16-17(2-3-22-20(16)8-18(11-30)33-22)12-34-6-4-25(5-7-34)13-35(14-25)23-21-9-19(10-26(27,28)29)36-24(21)32-15-31-23;23-22(24,25)11-17-10-18-19(26-15-27-20(18)30-17)29-13-21(14-29)6-8-28(9-7-21)12-16-4-2-1-3-5-16/h2-3,8-9,15,33H,4-7,10,12-14H2,1H3;1-5,10,15H,6-9,11-14H2. The van der Waals surface area contributed by atoms with Gasteiger partial charge in [0.15, 0.2) is 0 Å². The SMILES string of the molecule is Cc1c(CN2CCC3(CC2)CN(c2ncnc4sc(CC(F)(F)F)cc24)C3)ccc2[nH]c(C#N)cc12.FC(F)(F)Cc1cc2c(N3CC4(CCN(Cc5ccccc5)CC4)C3)ncnc2s1. The summed E-state index contributed by atoms with van der Waals surface area (Å²) in [7, 11) is 0. The van der Waals surface area contributed by atoms with Gasteiger partial charge in [-0.1, -0.05) is 36.4 Å². The van der Waals surface area contributed by atoms with Crippen molar-refractivity contribution in [2.75, 3.05) is 62.2 Å². The van der Waals surface area contributed by atoms with E-state index in [0.29, 0.717) is 25.6 Å². The lowest BCUT2D eigenvalue weighted by Crippen LogP contribution is -2.60. The zero-order chi connectivity index (χ0) is 45.8. The van der Waals surface area contributed by atoms with E-state index in [0.717, 1.165) is 147 Å². The monoisotopic (exact) mass is 942 g/mol. The summed E-state index contributed by atoms with van der Waals surface area (Å²) in [6.07, 6.45) is -2.87. The van der Waals surface area contributed by atoms with Crippen molar-refractivity contribution in [2.45, 2.75) is 70.9 Å². The number of alkyl halides is 6. The Labute approximate surface area is 385 Å². The summed E-state index contributed by atoms with van der Waals surface area (Å²) < 4.78 is 76.9. The van der Waals surface area contributed by atoms with Crippen molar-refractivity contribution in [1.29, 1.82) is 5.26 Å². The Morgan fingerprint density at radius 2 is 1.15 bits per heavy atom. The van der Waals surface area contributed by atoms with Crippen LogP contribution in [0.5, 0.6) is 0 Å². The third kappa shape index (κ3) is 9.45. The molecule has 4 fully saturated rings. The number of fused-ring (bicyclic) bond motifs is 3. The van der Waals surface area contributed by atoms with Crippen molar-refractivity contribution in [3.05, 3.63) is 105 Å². The van der Waals surface area contributed by atoms with Crippen LogP contribution in [0.2, 0.25) is 0 Å². The van der Waals surface area contributed by atoms with Gasteiger partial charge >= 0.3 is 12.4 Å². The van der Waals surface area contributed by atoms with Gasteiger partial charge in [-0.15, -0.1) is 22.7 Å². The zero-order valence-corrected chi connectivity index (χ0v) is 38.0. The molecule has 66 heavy (non-hydrogen) atoms. The number of benzene rings is 2. The molecule has 0 radical (unpaired) electrons. The topological polar surface area (TPSA) is 104 Å². The molecule has 18 heteroatoms. The first-order valence-corrected chi connectivity index (χ1v) is 23.8. The van der Waals surface area contributed by atoms with Crippen LogP contribution < -0.4 is 9.80 Å². The number of hydrogen-bond donors (Lipinski definition) is 1. The Bertz CT molecular complexity index is 2890. The number of nitrogens with zero attached hydrogens (tertiary/aromatic N) is 9. The van der Waals surface area contributed by atoms with Gasteiger partial charge in [0, 0.05) is 70.8 Å². The molecule has 7 aromatic rings. The Hall–Kier alpha value is -5.35. The van der Waals surface area contributed by atoms with Crippen LogP contribution in [0.3, 0.4) is 0 Å². The first-order valence-electron chi connectivity index (χ1n) is 22.2. The van der Waals surface area contributed by atoms with E-state index in [2.05, 4.69) is 93.9 Å². The molecule has 2 aromatic carbocycles. The van der Waals surface area contributed by atoms with Crippen molar-refractivity contribution >= 4 is 65.6 Å². The molecule has 0 atom stereocenters. The lowest BCUT2D eigenvalue weighted by Gasteiger charge is -2.54. The quantitative estimate of drug-likeness (QED) is 0.149. The Kier molecular flexibility index (Phi) is 11.7. The molecule has 0 saturated carbocycles. The molecule has 11 rings (SSSR count). The van der Waals surface area contributed by atoms with Crippen LogP contribution in [-0.2, 0) is 25.9 Å². The average molecular weight is 943 g/mol. The van der Waals surface area contributed by atoms with Crippen LogP contribution in [0.4, 0.5) is 38.0 Å². The fourth-order valence-electron chi connectivity index (χ4n) is 10.4. The van der Waals surface area contributed by atoms with Crippen molar-refractivity contribution in [3.63, 3.8) is 0 Å². The van der Waals surface area contributed by atoms with Gasteiger partial charge in [0.2, 0.25) is 0 Å². The predicted octanol–water partition coefficient (Wildman–Crippen LogP) is 10.5. The maximum Gasteiger partial charge on any atom is 0.393 e. The van der Waals surface area contributed by atoms with E-state index >= 15 is 0 Å². The number of hydrogen-bond acceptors (Lipinski definition) is 11. The summed E-state index contributed by atoms with van der Waals surface area (Å²) in [6, 6.07) is 22.1. The molecule has 5 aromatic heterocycles. The molecule has 4 aliphatic heterocycles. The second kappa shape index (κ2) is 17.4. The summed E-state index contributed by atoms with van der Waals surface area (Å²) in [5.41, 5.74) is 5.96. The minimum atomic E-state index is -4.23. The second-order valence-electron chi connectivity index (χ2n) is 18.7. The minimum Gasteiger partial charge on any atom is -0.355 e. The van der Waals surface area contributed by atoms with Gasteiger partial charge in [0.05, 0.1) is 23.6 Å². The van der Waals surface area contributed by atoms with Crippen molar-refractivity contribution in [3.8, 4) is 6.07 Å². The number of halogens is 6. The fourth-order valence-corrected chi connectivity index (χ4v) is 12.4. The number of aromatic nitrogens is 5. The first kappa shape index (κ1) is 44.5. The second-order valence-corrected chi connectivity index (χ2v) is 20.9. The Morgan fingerprint density at radius 1 is 0.652 bits per heavy atom. The number of H-pyrrole nitrogens is 1. The average Bonchev–Trinajstić information content (AvgIpc) is 3.99. The molecule has 0 bridgehead atoms. The number of thiophene rings is 2. The first-order chi connectivity index (χ1) is 31.6. The predicted molar refractivity (Wildman–Crippen MR) is 247 cm³/mol. The van der Waals surface area contributed by atoms with Gasteiger partial charge in [-0.25, -0.2) is 19.9 Å². The molecule has 2 spiro atoms. The van der Waals surface area contributed by atoms with E-state index in [-0.39, 0.29) is 10.3 Å². The maximum absolute atomic E-state index is 12.9. The molecule has 1 N–H and O–H groups in total. The van der Waals surface area contributed by atoms with Gasteiger partial charge in [0.25, 0.3) is 0 Å². The molecule has 0 unspecified atom stereocenters. The van der Waals surface area contributed by atoms with Crippen LogP contribution in [0.1, 0.15) is 57.8 Å². The van der Waals surface area contributed by atoms with Gasteiger partial charge in [0.1, 0.15) is 45.7 Å². The van der Waals surface area contributed by atoms with E-state index in [1.165, 1.54) is 29.3 Å². The molecule has 4 aliphatic rings. The number of likely N-dealkylation sites (tertiary alicyclic amines) is 2. The smallest absolute Gasteiger partial charge is 0.355 e. The van der Waals surface area contributed by atoms with Gasteiger partial charge in [-0.3, -0.25) is 9.80 Å². The summed E-state index contributed by atoms with van der Waals surface area (Å²) in [5.74, 6) is 1.53. The molecular formula is C48H48F6N10S2. The van der Waals surface area contributed by atoms with E-state index in [9.17, 15) is 31.6 Å². The van der Waals surface area contributed by atoms with Gasteiger partial charge in [-0.05, 0) is 99.7 Å². The molecule has 10 nitrogen and oxygen atoms in total. The van der Waals surface area contributed by atoms with Crippen molar-refractivity contribution in [1.82, 2.24) is 34.7 Å². The summed E-state index contributed by atoms with van der Waals surface area (Å²) in [5, 5.41) is 11.8. The zero-order valence-electron chi connectivity index (χ0n) is 36.4. The van der Waals surface area contributed by atoms with Crippen LogP contribution in [-0.4, -0.2) is 99.4 Å². The molecule has 344 valence electrons. The molecule has 4 saturated heterocycles. The highest BCUT2D eigenvalue weighted by Gasteiger charge is 2.47. The van der Waals surface area contributed by atoms with E-state index in [1.807, 2.05) is 12.1 Å². The van der Waals surface area contributed by atoms with Crippen molar-refractivity contribution in [2.24, 2.45) is 10.8 Å². The number of rotatable bonds is 8. The molecular weight excluding hydrogens is 895 g/mol. The van der Waals surface area contributed by atoms with Crippen LogP contribution in [0.25, 0.3) is 31.3 Å². The number of nitriles is 1. The summed E-state index contributed by atoms with van der Waals surface area (Å²) >= 11 is 2.21. The molecule has 0 amide bonds. The van der Waals surface area contributed by atoms with E-state index in [4.69, 9.17) is 0 Å². The van der Waals surface area contributed by atoms with Crippen molar-refractivity contribution < 1.29 is 26.3 Å². The van der Waals surface area contributed by atoms with E-state index < -0.39 is 25.2 Å². The largest absolute Gasteiger partial charge is 0.393 e. The highest BCUT2D eigenvalue weighted by atomic mass is 32.1. The maximum atomic E-state index is 12.9. The summed E-state index contributed by atoms with van der Waals surface area (Å²) in [6.45, 7) is 11.8. The Morgan fingerprint density at radius 3 is 1.64 bits per heavy atom. The number of aryl methyl sites for hydroxylation is 1. The normalized spacial score (nSPS) is 18.7.